The Morgan fingerprint density at radius 1 is 1.08 bits per heavy atom. The molecule has 0 aliphatic carbocycles. The minimum atomic E-state index is -0.358. The monoisotopic (exact) mass is 327 g/mol. The molecule has 0 aromatic carbocycles. The fraction of sp³-hybridized carbons (Fsp3) is 0.353. The van der Waals surface area contributed by atoms with Gasteiger partial charge < -0.3 is 4.57 Å². The number of allylic oxidation sites excluding steroid dienone is 4. The number of hydrogen-bond acceptors (Lipinski definition) is 3. The van der Waals surface area contributed by atoms with Crippen molar-refractivity contribution < 1.29 is 0 Å². The molecule has 126 valence electrons. The van der Waals surface area contributed by atoms with Crippen molar-refractivity contribution in [1.29, 1.82) is 0 Å². The molecule has 0 amide bonds. The third-order valence-corrected chi connectivity index (χ3v) is 4.19. The molecule has 0 saturated carbocycles. The van der Waals surface area contributed by atoms with Gasteiger partial charge in [-0.2, -0.15) is 4.98 Å². The summed E-state index contributed by atoms with van der Waals surface area (Å²) in [6.45, 7) is 6.72. The SMILES string of the molecule is C/C=C/Cn1c(=O)c2c(nc3n(C/C=C/C)c(C)cn23)n(C)c1=O. The fourth-order valence-corrected chi connectivity index (χ4v) is 2.86. The molecule has 0 bridgehead atoms. The van der Waals surface area contributed by atoms with E-state index in [0.717, 1.165) is 5.69 Å². The van der Waals surface area contributed by atoms with E-state index in [1.807, 2.05) is 49.8 Å². The summed E-state index contributed by atoms with van der Waals surface area (Å²) in [5, 5.41) is 0. The van der Waals surface area contributed by atoms with Gasteiger partial charge in [-0.3, -0.25) is 18.3 Å². The van der Waals surface area contributed by atoms with Crippen LogP contribution in [-0.2, 0) is 20.1 Å². The maximum absolute atomic E-state index is 12.8. The molecule has 3 rings (SSSR count). The summed E-state index contributed by atoms with van der Waals surface area (Å²) in [5.41, 5.74) is 1.17. The second kappa shape index (κ2) is 5.99. The zero-order chi connectivity index (χ0) is 17.4. The lowest BCUT2D eigenvalue weighted by molar-refractivity contribution is 0.666. The maximum atomic E-state index is 12.8. The molecule has 0 aliphatic heterocycles. The van der Waals surface area contributed by atoms with Crippen LogP contribution in [0.2, 0.25) is 0 Å². The molecule has 0 aliphatic rings. The molecule has 24 heavy (non-hydrogen) atoms. The van der Waals surface area contributed by atoms with Crippen molar-refractivity contribution >= 4 is 16.9 Å². The van der Waals surface area contributed by atoms with Crippen LogP contribution in [0, 0.1) is 6.92 Å². The number of rotatable bonds is 4. The van der Waals surface area contributed by atoms with Crippen molar-refractivity contribution in [2.45, 2.75) is 33.9 Å². The van der Waals surface area contributed by atoms with E-state index in [0.29, 0.717) is 23.5 Å². The lowest BCUT2D eigenvalue weighted by atomic mass is 10.4. The van der Waals surface area contributed by atoms with E-state index in [-0.39, 0.29) is 17.8 Å². The normalized spacial score (nSPS) is 12.5. The van der Waals surface area contributed by atoms with Gasteiger partial charge in [-0.1, -0.05) is 24.3 Å². The molecule has 7 heteroatoms. The molecule has 0 atom stereocenters. The summed E-state index contributed by atoms with van der Waals surface area (Å²) in [6.07, 6.45) is 9.49. The van der Waals surface area contributed by atoms with Gasteiger partial charge >= 0.3 is 5.69 Å². The lowest BCUT2D eigenvalue weighted by Crippen LogP contribution is -2.39. The van der Waals surface area contributed by atoms with Crippen LogP contribution in [0.1, 0.15) is 19.5 Å². The Bertz CT molecular complexity index is 1090. The van der Waals surface area contributed by atoms with Gasteiger partial charge in [0.25, 0.3) is 5.56 Å². The average Bonchev–Trinajstić information content (AvgIpc) is 3.06. The Labute approximate surface area is 138 Å². The van der Waals surface area contributed by atoms with E-state index < -0.39 is 0 Å². The molecular weight excluding hydrogens is 306 g/mol. The molecule has 3 heterocycles. The number of aromatic nitrogens is 5. The highest BCUT2D eigenvalue weighted by Crippen LogP contribution is 2.16. The largest absolute Gasteiger partial charge is 0.332 e. The molecule has 0 N–H and O–H groups in total. The molecule has 0 saturated heterocycles. The minimum absolute atomic E-state index is 0.253. The van der Waals surface area contributed by atoms with E-state index >= 15 is 0 Å². The topological polar surface area (TPSA) is 66.2 Å². The predicted octanol–water partition coefficient (Wildman–Crippen LogP) is 1.61. The van der Waals surface area contributed by atoms with Crippen LogP contribution >= 0.6 is 0 Å². The van der Waals surface area contributed by atoms with Crippen LogP contribution < -0.4 is 11.2 Å². The van der Waals surface area contributed by atoms with Crippen LogP contribution in [0.4, 0.5) is 0 Å². The smallest absolute Gasteiger partial charge is 0.310 e. The van der Waals surface area contributed by atoms with Crippen LogP contribution in [0.25, 0.3) is 16.9 Å². The van der Waals surface area contributed by atoms with E-state index in [9.17, 15) is 9.59 Å². The number of hydrogen-bond donors (Lipinski definition) is 0. The number of fused-ring (bicyclic) bond motifs is 3. The summed E-state index contributed by atoms with van der Waals surface area (Å²) in [6, 6.07) is 0. The van der Waals surface area contributed by atoms with Gasteiger partial charge in [-0.05, 0) is 20.8 Å². The van der Waals surface area contributed by atoms with Gasteiger partial charge in [0, 0.05) is 32.0 Å². The Hall–Kier alpha value is -2.83. The first-order valence-corrected chi connectivity index (χ1v) is 7.91. The predicted molar refractivity (Wildman–Crippen MR) is 94.6 cm³/mol. The molecular formula is C17H21N5O2. The third kappa shape index (κ3) is 2.24. The van der Waals surface area contributed by atoms with E-state index in [1.165, 1.54) is 9.13 Å². The lowest BCUT2D eigenvalue weighted by Gasteiger charge is -2.05. The van der Waals surface area contributed by atoms with Crippen LogP contribution in [-0.4, -0.2) is 23.1 Å². The molecule has 3 aromatic heterocycles. The molecule has 0 radical (unpaired) electrons. The van der Waals surface area contributed by atoms with Crippen LogP contribution in [0.5, 0.6) is 0 Å². The Kier molecular flexibility index (Phi) is 4.01. The van der Waals surface area contributed by atoms with E-state index in [1.54, 1.807) is 17.5 Å². The van der Waals surface area contributed by atoms with Crippen molar-refractivity contribution in [3.63, 3.8) is 0 Å². The number of nitrogens with zero attached hydrogens (tertiary/aromatic N) is 5. The first-order valence-electron chi connectivity index (χ1n) is 7.91. The zero-order valence-corrected chi connectivity index (χ0v) is 14.4. The van der Waals surface area contributed by atoms with Crippen molar-refractivity contribution in [1.82, 2.24) is 23.1 Å². The Balaban J connectivity index is 2.41. The van der Waals surface area contributed by atoms with Crippen LogP contribution in [0.15, 0.2) is 40.1 Å². The highest BCUT2D eigenvalue weighted by Gasteiger charge is 2.19. The first kappa shape index (κ1) is 16.0. The van der Waals surface area contributed by atoms with Gasteiger partial charge in [-0.25, -0.2) is 4.79 Å². The van der Waals surface area contributed by atoms with Crippen molar-refractivity contribution in [2.75, 3.05) is 0 Å². The molecule has 3 aromatic rings. The van der Waals surface area contributed by atoms with Gasteiger partial charge in [0.05, 0.1) is 0 Å². The highest BCUT2D eigenvalue weighted by molar-refractivity contribution is 5.75. The molecule has 0 fully saturated rings. The minimum Gasteiger partial charge on any atom is -0.310 e. The Morgan fingerprint density at radius 3 is 2.33 bits per heavy atom. The van der Waals surface area contributed by atoms with Gasteiger partial charge in [0.2, 0.25) is 5.78 Å². The number of imidazole rings is 2. The summed E-state index contributed by atoms with van der Waals surface area (Å²) < 4.78 is 6.46. The Morgan fingerprint density at radius 2 is 1.71 bits per heavy atom. The highest BCUT2D eigenvalue weighted by atomic mass is 16.2. The standard InChI is InChI=1S/C17H21N5O2/c1-5-7-9-20-12(3)11-22-13-14(18-16(20)22)19(4)17(24)21(15(13)23)10-8-6-2/h5-8,11H,9-10H2,1-4H3/b7-5+,8-6+. The second-order valence-electron chi connectivity index (χ2n) is 5.73. The van der Waals surface area contributed by atoms with Crippen molar-refractivity contribution in [2.24, 2.45) is 7.05 Å². The zero-order valence-electron chi connectivity index (χ0n) is 14.4. The second-order valence-corrected chi connectivity index (χ2v) is 5.73. The summed E-state index contributed by atoms with van der Waals surface area (Å²) in [5.74, 6) is 0.663. The van der Waals surface area contributed by atoms with Gasteiger partial charge in [0.1, 0.15) is 0 Å². The van der Waals surface area contributed by atoms with Crippen LogP contribution in [0.3, 0.4) is 0 Å². The summed E-state index contributed by atoms with van der Waals surface area (Å²) >= 11 is 0. The number of aryl methyl sites for hydroxylation is 2. The quantitative estimate of drug-likeness (QED) is 0.684. The van der Waals surface area contributed by atoms with Gasteiger partial charge in [0.15, 0.2) is 11.2 Å². The molecule has 0 spiro atoms. The van der Waals surface area contributed by atoms with E-state index in [4.69, 9.17) is 0 Å². The third-order valence-electron chi connectivity index (χ3n) is 4.19. The maximum Gasteiger partial charge on any atom is 0.332 e. The average molecular weight is 327 g/mol. The fourth-order valence-electron chi connectivity index (χ4n) is 2.86. The summed E-state index contributed by atoms with van der Waals surface area (Å²) in [4.78, 5) is 29.9. The van der Waals surface area contributed by atoms with Crippen molar-refractivity contribution in [3.05, 3.63) is 57.0 Å². The van der Waals surface area contributed by atoms with Crippen molar-refractivity contribution in [3.8, 4) is 0 Å². The van der Waals surface area contributed by atoms with E-state index in [2.05, 4.69) is 4.98 Å². The van der Waals surface area contributed by atoms with Gasteiger partial charge in [-0.15, -0.1) is 0 Å². The molecule has 7 nitrogen and oxygen atoms in total. The first-order chi connectivity index (χ1) is 11.5. The summed E-state index contributed by atoms with van der Waals surface area (Å²) in [7, 11) is 1.64. The molecule has 0 unspecified atom stereocenters.